The number of carbonyl (C=O) groups is 1. The lowest BCUT2D eigenvalue weighted by Crippen LogP contribution is -2.23. The van der Waals surface area contributed by atoms with Gasteiger partial charge in [0.25, 0.3) is 0 Å². The van der Waals surface area contributed by atoms with Crippen LogP contribution >= 0.6 is 0 Å². The first-order valence-electron chi connectivity index (χ1n) is 6.19. The highest BCUT2D eigenvalue weighted by Gasteiger charge is 2.14. The van der Waals surface area contributed by atoms with Gasteiger partial charge in [0, 0.05) is 12.5 Å². The predicted octanol–water partition coefficient (Wildman–Crippen LogP) is 2.79. The summed E-state index contributed by atoms with van der Waals surface area (Å²) in [5.74, 6) is 0.721. The summed E-state index contributed by atoms with van der Waals surface area (Å²) in [5, 5.41) is 0. The number of carbonyl (C=O) groups excluding carboxylic acids is 1. The lowest BCUT2D eigenvalue weighted by Gasteiger charge is -2.12. The van der Waals surface area contributed by atoms with Gasteiger partial charge in [-0.2, -0.15) is 0 Å². The lowest BCUT2D eigenvalue weighted by atomic mass is 10.0. The minimum absolute atomic E-state index is 0.0535. The number of rotatable bonds is 7. The van der Waals surface area contributed by atoms with Crippen molar-refractivity contribution in [3.63, 3.8) is 0 Å². The molecule has 2 N–H and O–H groups in total. The van der Waals surface area contributed by atoms with Crippen LogP contribution in [-0.4, -0.2) is 18.4 Å². The molecule has 0 saturated carbocycles. The van der Waals surface area contributed by atoms with Crippen molar-refractivity contribution in [2.75, 3.05) is 6.61 Å². The Morgan fingerprint density at radius 2 is 2.06 bits per heavy atom. The highest BCUT2D eigenvalue weighted by molar-refractivity contribution is 5.98. The highest BCUT2D eigenvalue weighted by atomic mass is 16.5. The molecule has 94 valence electrons. The summed E-state index contributed by atoms with van der Waals surface area (Å²) in [6.45, 7) is 4.54. The van der Waals surface area contributed by atoms with E-state index in [0.29, 0.717) is 24.3 Å². The third-order valence-corrected chi connectivity index (χ3v) is 2.59. The molecule has 0 aromatic heterocycles. The van der Waals surface area contributed by atoms with Crippen molar-refractivity contribution < 1.29 is 9.53 Å². The number of ether oxygens (including phenoxy) is 1. The van der Waals surface area contributed by atoms with Gasteiger partial charge in [-0.25, -0.2) is 0 Å². The van der Waals surface area contributed by atoms with Crippen molar-refractivity contribution in [3.05, 3.63) is 29.8 Å². The van der Waals surface area contributed by atoms with Gasteiger partial charge in [0.05, 0.1) is 12.2 Å². The Balaban J connectivity index is 2.74. The highest BCUT2D eigenvalue weighted by Crippen LogP contribution is 2.20. The van der Waals surface area contributed by atoms with Gasteiger partial charge in [0.1, 0.15) is 5.75 Å². The number of para-hydroxylation sites is 1. The SMILES string of the molecule is CCCC(N)CC(=O)c1ccccc1OCC. The molecule has 0 fully saturated rings. The van der Waals surface area contributed by atoms with Crippen LogP contribution in [0.4, 0.5) is 0 Å². The molecular weight excluding hydrogens is 214 g/mol. The van der Waals surface area contributed by atoms with Crippen LogP contribution in [0.5, 0.6) is 5.75 Å². The van der Waals surface area contributed by atoms with E-state index >= 15 is 0 Å². The van der Waals surface area contributed by atoms with E-state index in [-0.39, 0.29) is 11.8 Å². The van der Waals surface area contributed by atoms with Crippen molar-refractivity contribution in [1.82, 2.24) is 0 Å². The molecule has 0 aliphatic carbocycles. The van der Waals surface area contributed by atoms with E-state index in [1.165, 1.54) is 0 Å². The smallest absolute Gasteiger partial charge is 0.168 e. The third-order valence-electron chi connectivity index (χ3n) is 2.59. The predicted molar refractivity (Wildman–Crippen MR) is 69.4 cm³/mol. The third kappa shape index (κ3) is 4.19. The average molecular weight is 235 g/mol. The van der Waals surface area contributed by atoms with Crippen molar-refractivity contribution in [2.24, 2.45) is 5.73 Å². The van der Waals surface area contributed by atoms with Crippen molar-refractivity contribution in [1.29, 1.82) is 0 Å². The van der Waals surface area contributed by atoms with Crippen molar-refractivity contribution in [2.45, 2.75) is 39.2 Å². The summed E-state index contributed by atoms with van der Waals surface area (Å²) in [5.41, 5.74) is 6.52. The van der Waals surface area contributed by atoms with E-state index < -0.39 is 0 Å². The average Bonchev–Trinajstić information content (AvgIpc) is 2.30. The zero-order valence-corrected chi connectivity index (χ0v) is 10.6. The molecule has 0 amide bonds. The molecule has 1 unspecified atom stereocenters. The Hall–Kier alpha value is -1.35. The first-order chi connectivity index (χ1) is 8.19. The molecule has 1 atom stereocenters. The summed E-state index contributed by atoms with van der Waals surface area (Å²) < 4.78 is 5.44. The second-order valence-electron chi connectivity index (χ2n) is 4.11. The summed E-state index contributed by atoms with van der Waals surface area (Å²) in [6, 6.07) is 7.28. The van der Waals surface area contributed by atoms with Crippen LogP contribution in [0, 0.1) is 0 Å². The molecule has 0 spiro atoms. The largest absolute Gasteiger partial charge is 0.493 e. The minimum Gasteiger partial charge on any atom is -0.493 e. The molecule has 1 aromatic carbocycles. The van der Waals surface area contributed by atoms with Crippen LogP contribution in [0.25, 0.3) is 0 Å². The molecule has 1 rings (SSSR count). The Bertz CT molecular complexity index is 363. The maximum atomic E-state index is 12.1. The van der Waals surface area contributed by atoms with Gasteiger partial charge in [-0.15, -0.1) is 0 Å². The summed E-state index contributed by atoms with van der Waals surface area (Å²) in [4.78, 5) is 12.1. The zero-order chi connectivity index (χ0) is 12.7. The van der Waals surface area contributed by atoms with E-state index in [4.69, 9.17) is 10.5 Å². The van der Waals surface area contributed by atoms with Crippen molar-refractivity contribution >= 4 is 5.78 Å². The molecule has 0 radical (unpaired) electrons. The van der Waals surface area contributed by atoms with Crippen LogP contribution in [0.1, 0.15) is 43.5 Å². The molecule has 0 saturated heterocycles. The Morgan fingerprint density at radius 1 is 1.35 bits per heavy atom. The zero-order valence-electron chi connectivity index (χ0n) is 10.6. The first kappa shape index (κ1) is 13.7. The standard InChI is InChI=1S/C14H21NO2/c1-3-7-11(15)10-13(16)12-8-5-6-9-14(12)17-4-2/h5-6,8-9,11H,3-4,7,10,15H2,1-2H3. The summed E-state index contributed by atoms with van der Waals surface area (Å²) in [7, 11) is 0. The van der Waals surface area contributed by atoms with Crippen LogP contribution < -0.4 is 10.5 Å². The molecule has 3 nitrogen and oxygen atoms in total. The molecule has 0 aliphatic rings. The van der Waals surface area contributed by atoms with E-state index in [0.717, 1.165) is 12.8 Å². The number of ketones is 1. The minimum atomic E-state index is -0.0535. The van der Waals surface area contributed by atoms with Gasteiger partial charge >= 0.3 is 0 Å². The van der Waals surface area contributed by atoms with Crippen LogP contribution in [0.3, 0.4) is 0 Å². The van der Waals surface area contributed by atoms with E-state index in [2.05, 4.69) is 6.92 Å². The van der Waals surface area contributed by atoms with Gasteiger partial charge in [-0.05, 0) is 25.5 Å². The second-order valence-corrected chi connectivity index (χ2v) is 4.11. The number of nitrogens with two attached hydrogens (primary N) is 1. The van der Waals surface area contributed by atoms with E-state index in [9.17, 15) is 4.79 Å². The fourth-order valence-electron chi connectivity index (χ4n) is 1.80. The fraction of sp³-hybridized carbons (Fsp3) is 0.500. The maximum absolute atomic E-state index is 12.1. The monoisotopic (exact) mass is 235 g/mol. The van der Waals surface area contributed by atoms with E-state index in [1.54, 1.807) is 6.07 Å². The Labute approximate surface area is 103 Å². The molecule has 17 heavy (non-hydrogen) atoms. The van der Waals surface area contributed by atoms with E-state index in [1.807, 2.05) is 25.1 Å². The molecule has 3 heteroatoms. The molecule has 0 heterocycles. The topological polar surface area (TPSA) is 52.3 Å². The lowest BCUT2D eigenvalue weighted by molar-refractivity contribution is 0.0969. The quantitative estimate of drug-likeness (QED) is 0.739. The summed E-state index contributed by atoms with van der Waals surface area (Å²) >= 11 is 0. The van der Waals surface area contributed by atoms with Crippen LogP contribution in [-0.2, 0) is 0 Å². The fourth-order valence-corrected chi connectivity index (χ4v) is 1.80. The van der Waals surface area contributed by atoms with Crippen molar-refractivity contribution in [3.8, 4) is 5.75 Å². The molecule has 0 bridgehead atoms. The maximum Gasteiger partial charge on any atom is 0.168 e. The van der Waals surface area contributed by atoms with Gasteiger partial charge in [-0.1, -0.05) is 25.5 Å². The number of Topliss-reactive ketones (excluding diaryl/α,β-unsaturated/α-hetero) is 1. The Morgan fingerprint density at radius 3 is 2.71 bits per heavy atom. The Kier molecular flexibility index (Phi) is 5.70. The van der Waals surface area contributed by atoms with Crippen LogP contribution in [0.15, 0.2) is 24.3 Å². The normalized spacial score (nSPS) is 12.2. The van der Waals surface area contributed by atoms with Gasteiger partial charge in [0.15, 0.2) is 5.78 Å². The van der Waals surface area contributed by atoms with Gasteiger partial charge in [0.2, 0.25) is 0 Å². The second kappa shape index (κ2) is 7.07. The summed E-state index contributed by atoms with van der Waals surface area (Å²) in [6.07, 6.45) is 2.27. The van der Waals surface area contributed by atoms with Gasteiger partial charge in [-0.3, -0.25) is 4.79 Å². The first-order valence-corrected chi connectivity index (χ1v) is 6.19. The van der Waals surface area contributed by atoms with Crippen LogP contribution in [0.2, 0.25) is 0 Å². The number of hydrogen-bond acceptors (Lipinski definition) is 3. The number of hydrogen-bond donors (Lipinski definition) is 1. The molecular formula is C14H21NO2. The molecule has 0 aliphatic heterocycles. The van der Waals surface area contributed by atoms with Gasteiger partial charge < -0.3 is 10.5 Å². The molecule has 1 aromatic rings. The number of benzene rings is 1.